The average molecular weight is 457 g/mol. The fraction of sp³-hybridized carbons (Fsp3) is 0.130. The molecule has 1 amide bonds. The van der Waals surface area contributed by atoms with Crippen molar-refractivity contribution in [1.29, 1.82) is 0 Å². The Bertz CT molecular complexity index is 1210. The molecule has 3 aromatic carbocycles. The van der Waals surface area contributed by atoms with Gasteiger partial charge in [0.25, 0.3) is 5.91 Å². The molecule has 1 heterocycles. The highest BCUT2D eigenvalue weighted by Crippen LogP contribution is 2.32. The highest BCUT2D eigenvalue weighted by Gasteiger charge is 2.18. The molecule has 1 N–H and O–H groups in total. The molecule has 7 heteroatoms. The summed E-state index contributed by atoms with van der Waals surface area (Å²) in [5, 5.41) is 4.73. The van der Waals surface area contributed by atoms with E-state index in [1.165, 1.54) is 0 Å². The zero-order chi connectivity index (χ0) is 21.3. The standard InChI is InChI=1S/C23H18Cl2N2O2S/c1-13-11-15(23-27-19-5-3-4-6-21(19)30-23)7-9-18(13)26-22(28)14(2)29-20-10-8-16(24)12-17(20)25/h3-12,14H,1-2H3,(H,26,28). The van der Waals surface area contributed by atoms with E-state index in [0.29, 0.717) is 15.8 Å². The first kappa shape index (κ1) is 20.7. The van der Waals surface area contributed by atoms with Gasteiger partial charge < -0.3 is 10.1 Å². The van der Waals surface area contributed by atoms with Crippen LogP contribution in [0.15, 0.2) is 60.7 Å². The first-order chi connectivity index (χ1) is 14.4. The lowest BCUT2D eigenvalue weighted by Crippen LogP contribution is -2.30. The van der Waals surface area contributed by atoms with Crippen molar-refractivity contribution in [3.63, 3.8) is 0 Å². The minimum atomic E-state index is -0.730. The molecule has 1 unspecified atom stereocenters. The zero-order valence-corrected chi connectivity index (χ0v) is 18.6. The number of rotatable bonds is 5. The number of hydrogen-bond acceptors (Lipinski definition) is 4. The van der Waals surface area contributed by atoms with Crippen molar-refractivity contribution in [2.24, 2.45) is 0 Å². The van der Waals surface area contributed by atoms with Gasteiger partial charge in [0.2, 0.25) is 0 Å². The van der Waals surface area contributed by atoms with E-state index in [0.717, 1.165) is 32.0 Å². The van der Waals surface area contributed by atoms with E-state index in [1.54, 1.807) is 36.5 Å². The Labute approximate surface area is 188 Å². The number of anilines is 1. The van der Waals surface area contributed by atoms with E-state index < -0.39 is 6.10 Å². The molecule has 0 bridgehead atoms. The van der Waals surface area contributed by atoms with Crippen LogP contribution < -0.4 is 10.1 Å². The van der Waals surface area contributed by atoms with Gasteiger partial charge in [0.1, 0.15) is 10.8 Å². The third kappa shape index (κ3) is 4.43. The van der Waals surface area contributed by atoms with E-state index in [9.17, 15) is 4.79 Å². The molecular formula is C23H18Cl2N2O2S. The highest BCUT2D eigenvalue weighted by atomic mass is 35.5. The summed E-state index contributed by atoms with van der Waals surface area (Å²) in [6, 6.07) is 18.8. The summed E-state index contributed by atoms with van der Waals surface area (Å²) in [4.78, 5) is 17.3. The van der Waals surface area contributed by atoms with Crippen molar-refractivity contribution in [2.75, 3.05) is 5.32 Å². The number of fused-ring (bicyclic) bond motifs is 1. The number of carbonyl (C=O) groups is 1. The van der Waals surface area contributed by atoms with E-state index in [-0.39, 0.29) is 5.91 Å². The van der Waals surface area contributed by atoms with Gasteiger partial charge in [0.05, 0.1) is 15.2 Å². The number of thiazole rings is 1. The summed E-state index contributed by atoms with van der Waals surface area (Å²) in [7, 11) is 0. The van der Waals surface area contributed by atoms with Crippen molar-refractivity contribution in [2.45, 2.75) is 20.0 Å². The summed E-state index contributed by atoms with van der Waals surface area (Å²) < 4.78 is 6.84. The number of carbonyl (C=O) groups excluding carboxylic acids is 1. The maximum absolute atomic E-state index is 12.6. The minimum Gasteiger partial charge on any atom is -0.479 e. The molecular weight excluding hydrogens is 439 g/mol. The van der Waals surface area contributed by atoms with Crippen LogP contribution in [0, 0.1) is 6.92 Å². The predicted octanol–water partition coefficient (Wildman–Crippen LogP) is 6.98. The summed E-state index contributed by atoms with van der Waals surface area (Å²) in [5.41, 5.74) is 3.67. The molecule has 0 fully saturated rings. The molecule has 0 spiro atoms. The van der Waals surface area contributed by atoms with Gasteiger partial charge in [-0.3, -0.25) is 4.79 Å². The van der Waals surface area contributed by atoms with Crippen LogP contribution in [0.2, 0.25) is 10.0 Å². The van der Waals surface area contributed by atoms with Crippen LogP contribution >= 0.6 is 34.5 Å². The highest BCUT2D eigenvalue weighted by molar-refractivity contribution is 7.21. The molecule has 152 valence electrons. The Kier molecular flexibility index (Phi) is 5.95. The maximum atomic E-state index is 12.6. The van der Waals surface area contributed by atoms with Gasteiger partial charge in [-0.05, 0) is 67.9 Å². The molecule has 4 rings (SSSR count). The summed E-state index contributed by atoms with van der Waals surface area (Å²) in [5.74, 6) is 0.142. The Morgan fingerprint density at radius 1 is 1.10 bits per heavy atom. The van der Waals surface area contributed by atoms with Crippen molar-refractivity contribution in [3.8, 4) is 16.3 Å². The lowest BCUT2D eigenvalue weighted by molar-refractivity contribution is -0.122. The molecule has 0 saturated heterocycles. The molecule has 1 aromatic heterocycles. The van der Waals surface area contributed by atoms with E-state index in [2.05, 4.69) is 11.4 Å². The van der Waals surface area contributed by atoms with Crippen LogP contribution in [-0.2, 0) is 4.79 Å². The quantitative estimate of drug-likeness (QED) is 0.352. The minimum absolute atomic E-state index is 0.267. The topological polar surface area (TPSA) is 51.2 Å². The lowest BCUT2D eigenvalue weighted by atomic mass is 10.1. The summed E-state index contributed by atoms with van der Waals surface area (Å²) in [6.45, 7) is 3.62. The number of halogens is 2. The normalized spacial score (nSPS) is 12.0. The monoisotopic (exact) mass is 456 g/mol. The van der Waals surface area contributed by atoms with Gasteiger partial charge in [-0.25, -0.2) is 4.98 Å². The number of ether oxygens (including phenoxy) is 1. The van der Waals surface area contributed by atoms with Gasteiger partial charge in [0, 0.05) is 16.3 Å². The fourth-order valence-corrected chi connectivity index (χ4v) is 4.40. The Morgan fingerprint density at radius 3 is 2.63 bits per heavy atom. The van der Waals surface area contributed by atoms with Crippen LogP contribution in [0.3, 0.4) is 0 Å². The molecule has 0 aliphatic heterocycles. The second-order valence-electron chi connectivity index (χ2n) is 6.84. The number of hydrogen-bond donors (Lipinski definition) is 1. The van der Waals surface area contributed by atoms with Crippen molar-refractivity contribution < 1.29 is 9.53 Å². The Hall–Kier alpha value is -2.60. The van der Waals surface area contributed by atoms with Gasteiger partial charge in [0.15, 0.2) is 6.10 Å². The molecule has 1 atom stereocenters. The first-order valence-corrected chi connectivity index (χ1v) is 10.9. The van der Waals surface area contributed by atoms with Crippen LogP contribution in [-0.4, -0.2) is 17.0 Å². The number of para-hydroxylation sites is 1. The van der Waals surface area contributed by atoms with Gasteiger partial charge in [-0.15, -0.1) is 11.3 Å². The van der Waals surface area contributed by atoms with Crippen molar-refractivity contribution >= 4 is 56.3 Å². The maximum Gasteiger partial charge on any atom is 0.265 e. The molecule has 0 aliphatic carbocycles. The smallest absolute Gasteiger partial charge is 0.265 e. The molecule has 30 heavy (non-hydrogen) atoms. The molecule has 0 saturated carbocycles. The van der Waals surface area contributed by atoms with E-state index in [1.807, 2.05) is 43.3 Å². The van der Waals surface area contributed by atoms with Gasteiger partial charge >= 0.3 is 0 Å². The molecule has 4 nitrogen and oxygen atoms in total. The third-order valence-corrected chi connectivity index (χ3v) is 6.21. The van der Waals surface area contributed by atoms with Gasteiger partial charge in [-0.1, -0.05) is 35.3 Å². The SMILES string of the molecule is Cc1cc(-c2nc3ccccc3s2)ccc1NC(=O)C(C)Oc1ccc(Cl)cc1Cl. The lowest BCUT2D eigenvalue weighted by Gasteiger charge is -2.17. The number of aromatic nitrogens is 1. The zero-order valence-electron chi connectivity index (χ0n) is 16.3. The van der Waals surface area contributed by atoms with Gasteiger partial charge in [-0.2, -0.15) is 0 Å². The number of nitrogens with one attached hydrogen (secondary N) is 1. The predicted molar refractivity (Wildman–Crippen MR) is 125 cm³/mol. The van der Waals surface area contributed by atoms with Crippen LogP contribution in [0.25, 0.3) is 20.8 Å². The van der Waals surface area contributed by atoms with Crippen molar-refractivity contribution in [1.82, 2.24) is 4.98 Å². The third-order valence-electron chi connectivity index (χ3n) is 4.59. The van der Waals surface area contributed by atoms with E-state index >= 15 is 0 Å². The summed E-state index contributed by atoms with van der Waals surface area (Å²) >= 11 is 13.7. The molecule has 0 aliphatic rings. The van der Waals surface area contributed by atoms with E-state index in [4.69, 9.17) is 32.9 Å². The van der Waals surface area contributed by atoms with Crippen LogP contribution in [0.5, 0.6) is 5.75 Å². The summed E-state index contributed by atoms with van der Waals surface area (Å²) in [6.07, 6.45) is -0.730. The number of amides is 1. The Morgan fingerprint density at radius 2 is 1.90 bits per heavy atom. The average Bonchev–Trinajstić information content (AvgIpc) is 3.15. The molecule has 4 aromatic rings. The second kappa shape index (κ2) is 8.64. The fourth-order valence-electron chi connectivity index (χ4n) is 2.98. The Balaban J connectivity index is 1.48. The largest absolute Gasteiger partial charge is 0.479 e. The van der Waals surface area contributed by atoms with Crippen LogP contribution in [0.4, 0.5) is 5.69 Å². The number of benzene rings is 3. The second-order valence-corrected chi connectivity index (χ2v) is 8.71. The van der Waals surface area contributed by atoms with Crippen LogP contribution in [0.1, 0.15) is 12.5 Å². The first-order valence-electron chi connectivity index (χ1n) is 9.30. The molecule has 0 radical (unpaired) electrons. The number of nitrogens with zero attached hydrogens (tertiary/aromatic N) is 1. The number of aryl methyl sites for hydroxylation is 1. The van der Waals surface area contributed by atoms with Crippen molar-refractivity contribution in [3.05, 3.63) is 76.3 Å².